The number of carbonyl (C=O) groups is 1. The molecular weight excluding hydrogens is 262 g/mol. The van der Waals surface area contributed by atoms with Gasteiger partial charge in [-0.25, -0.2) is 14.2 Å². The van der Waals surface area contributed by atoms with E-state index in [4.69, 9.17) is 5.11 Å². The second kappa shape index (κ2) is 5.07. The lowest BCUT2D eigenvalue weighted by Gasteiger charge is -2.14. The van der Waals surface area contributed by atoms with Gasteiger partial charge in [0.05, 0.1) is 7.11 Å². The van der Waals surface area contributed by atoms with Crippen LogP contribution in [0.3, 0.4) is 0 Å². The Bertz CT molecular complexity index is 461. The first-order chi connectivity index (χ1) is 8.28. The van der Waals surface area contributed by atoms with E-state index in [2.05, 4.69) is 14.5 Å². The van der Waals surface area contributed by atoms with Gasteiger partial charge in [-0.1, -0.05) is 0 Å². The summed E-state index contributed by atoms with van der Waals surface area (Å²) in [6, 6.07) is 0.711. The van der Waals surface area contributed by atoms with Crippen LogP contribution in [0.5, 0.6) is 11.6 Å². The Morgan fingerprint density at radius 1 is 1.50 bits per heavy atom. The van der Waals surface area contributed by atoms with Crippen molar-refractivity contribution in [1.29, 1.82) is 0 Å². The van der Waals surface area contributed by atoms with Gasteiger partial charge in [0.1, 0.15) is 17.9 Å². The number of hydrogen-bond donors (Lipinski definition) is 1. The average Bonchev–Trinajstić information content (AvgIpc) is 2.26. The number of pyridine rings is 1. The van der Waals surface area contributed by atoms with Crippen LogP contribution in [-0.4, -0.2) is 29.5 Å². The molecule has 0 aliphatic rings. The molecule has 1 aromatic rings. The fraction of sp³-hybridized carbons (Fsp3) is 0.333. The summed E-state index contributed by atoms with van der Waals surface area (Å²) in [7, 11) is 1.11. The van der Waals surface area contributed by atoms with E-state index >= 15 is 0 Å². The lowest BCUT2D eigenvalue weighted by Crippen LogP contribution is -2.20. The molecule has 0 aromatic carbocycles. The molecule has 0 spiro atoms. The zero-order chi connectivity index (χ0) is 13.9. The van der Waals surface area contributed by atoms with Crippen molar-refractivity contribution in [2.24, 2.45) is 0 Å². The third kappa shape index (κ3) is 3.22. The minimum absolute atomic E-state index is 0.324. The van der Waals surface area contributed by atoms with Crippen LogP contribution >= 0.6 is 0 Å². The molecule has 0 unspecified atom stereocenters. The largest absolute Gasteiger partial charge is 0.573 e. The van der Waals surface area contributed by atoms with Gasteiger partial charge >= 0.3 is 12.3 Å². The SMILES string of the molecule is COc1cc(C(=O)O)c(OC(F)(F)F)c(CF)n1. The highest BCUT2D eigenvalue weighted by atomic mass is 19.4. The molecule has 1 N–H and O–H groups in total. The van der Waals surface area contributed by atoms with E-state index in [0.717, 1.165) is 7.11 Å². The number of aromatic carboxylic acids is 1. The number of alkyl halides is 4. The molecule has 0 aliphatic carbocycles. The highest BCUT2D eigenvalue weighted by Gasteiger charge is 2.35. The summed E-state index contributed by atoms with van der Waals surface area (Å²) in [6.45, 7) is -1.43. The summed E-state index contributed by atoms with van der Waals surface area (Å²) in [4.78, 5) is 14.1. The summed E-state index contributed by atoms with van der Waals surface area (Å²) in [6.07, 6.45) is -5.15. The van der Waals surface area contributed by atoms with E-state index in [0.29, 0.717) is 6.07 Å². The first-order valence-electron chi connectivity index (χ1n) is 4.41. The van der Waals surface area contributed by atoms with Crippen LogP contribution in [0.4, 0.5) is 17.6 Å². The third-order valence-corrected chi connectivity index (χ3v) is 1.80. The van der Waals surface area contributed by atoms with Crippen LogP contribution in [-0.2, 0) is 6.67 Å². The Hall–Kier alpha value is -2.06. The molecule has 9 heteroatoms. The molecule has 0 atom stereocenters. The number of methoxy groups -OCH3 is 1. The van der Waals surface area contributed by atoms with Gasteiger partial charge < -0.3 is 14.6 Å². The third-order valence-electron chi connectivity index (χ3n) is 1.80. The van der Waals surface area contributed by atoms with Crippen molar-refractivity contribution in [3.05, 3.63) is 17.3 Å². The molecule has 5 nitrogen and oxygen atoms in total. The standard InChI is InChI=1S/C9H7F4NO4/c1-17-6-2-4(8(15)16)7(5(3-10)14-6)18-9(11,12)13/h2H,3H2,1H3,(H,15,16). The number of aromatic nitrogens is 1. The van der Waals surface area contributed by atoms with Crippen LogP contribution in [0.15, 0.2) is 6.07 Å². The lowest BCUT2D eigenvalue weighted by atomic mass is 10.2. The monoisotopic (exact) mass is 269 g/mol. The van der Waals surface area contributed by atoms with Gasteiger partial charge in [-0.05, 0) is 0 Å². The van der Waals surface area contributed by atoms with E-state index in [-0.39, 0.29) is 5.88 Å². The topological polar surface area (TPSA) is 68.7 Å². The highest BCUT2D eigenvalue weighted by molar-refractivity contribution is 5.91. The normalized spacial score (nSPS) is 11.2. The predicted molar refractivity (Wildman–Crippen MR) is 49.2 cm³/mol. The number of carboxylic acid groups (broad SMARTS) is 1. The summed E-state index contributed by atoms with van der Waals surface area (Å²) in [5.74, 6) is -3.22. The van der Waals surface area contributed by atoms with E-state index < -0.39 is 36.0 Å². The van der Waals surface area contributed by atoms with Crippen molar-refractivity contribution in [2.45, 2.75) is 13.0 Å². The van der Waals surface area contributed by atoms with Gasteiger partial charge in [0.15, 0.2) is 5.75 Å². The van der Waals surface area contributed by atoms with Crippen LogP contribution in [0.2, 0.25) is 0 Å². The highest BCUT2D eigenvalue weighted by Crippen LogP contribution is 2.32. The number of hydrogen-bond acceptors (Lipinski definition) is 4. The van der Waals surface area contributed by atoms with Crippen LogP contribution in [0.1, 0.15) is 16.1 Å². The summed E-state index contributed by atoms with van der Waals surface area (Å²) < 4.78 is 56.9. The van der Waals surface area contributed by atoms with Gasteiger partial charge in [0.2, 0.25) is 5.88 Å². The Kier molecular flexibility index (Phi) is 3.94. The Balaban J connectivity index is 3.39. The molecule has 18 heavy (non-hydrogen) atoms. The van der Waals surface area contributed by atoms with Crippen molar-refractivity contribution in [1.82, 2.24) is 4.98 Å². The first kappa shape index (κ1) is 14.0. The maximum Gasteiger partial charge on any atom is 0.573 e. The molecule has 0 fully saturated rings. The molecule has 1 heterocycles. The molecule has 0 amide bonds. The average molecular weight is 269 g/mol. The summed E-state index contributed by atoms with van der Waals surface area (Å²) >= 11 is 0. The van der Waals surface area contributed by atoms with E-state index in [9.17, 15) is 22.4 Å². The molecule has 0 aliphatic heterocycles. The lowest BCUT2D eigenvalue weighted by molar-refractivity contribution is -0.275. The van der Waals surface area contributed by atoms with Gasteiger partial charge in [-0.15, -0.1) is 13.2 Å². The van der Waals surface area contributed by atoms with Crippen LogP contribution in [0, 0.1) is 0 Å². The summed E-state index contributed by atoms with van der Waals surface area (Å²) in [5, 5.41) is 8.75. The van der Waals surface area contributed by atoms with E-state index in [1.54, 1.807) is 0 Å². The van der Waals surface area contributed by atoms with Gasteiger partial charge in [0.25, 0.3) is 0 Å². The number of halogens is 4. The molecule has 1 rings (SSSR count). The Morgan fingerprint density at radius 2 is 2.11 bits per heavy atom. The predicted octanol–water partition coefficient (Wildman–Crippen LogP) is 2.16. The zero-order valence-electron chi connectivity index (χ0n) is 8.92. The number of rotatable bonds is 4. The molecule has 0 saturated heterocycles. The smallest absolute Gasteiger partial charge is 0.481 e. The van der Waals surface area contributed by atoms with Crippen molar-refractivity contribution < 1.29 is 36.9 Å². The van der Waals surface area contributed by atoms with Gasteiger partial charge in [-0.3, -0.25) is 0 Å². The molecule has 1 aromatic heterocycles. The quantitative estimate of drug-likeness (QED) is 0.848. The minimum atomic E-state index is -5.15. The molecule has 0 bridgehead atoms. The maximum atomic E-state index is 12.6. The molecular formula is C9H7F4NO4. The van der Waals surface area contributed by atoms with Crippen LogP contribution in [0.25, 0.3) is 0 Å². The summed E-state index contributed by atoms with van der Waals surface area (Å²) in [5.41, 5.74) is -1.68. The van der Waals surface area contributed by atoms with Crippen molar-refractivity contribution >= 4 is 5.97 Å². The fourth-order valence-corrected chi connectivity index (χ4v) is 1.14. The molecule has 0 saturated carbocycles. The zero-order valence-corrected chi connectivity index (χ0v) is 8.92. The second-order valence-corrected chi connectivity index (χ2v) is 2.97. The molecule has 100 valence electrons. The van der Waals surface area contributed by atoms with E-state index in [1.807, 2.05) is 0 Å². The van der Waals surface area contributed by atoms with Crippen molar-refractivity contribution in [3.63, 3.8) is 0 Å². The number of nitrogens with zero attached hydrogens (tertiary/aromatic N) is 1. The van der Waals surface area contributed by atoms with Crippen LogP contribution < -0.4 is 9.47 Å². The second-order valence-electron chi connectivity index (χ2n) is 2.97. The minimum Gasteiger partial charge on any atom is -0.481 e. The Morgan fingerprint density at radius 3 is 2.50 bits per heavy atom. The van der Waals surface area contributed by atoms with Gasteiger partial charge in [-0.2, -0.15) is 0 Å². The maximum absolute atomic E-state index is 12.6. The van der Waals surface area contributed by atoms with Crippen molar-refractivity contribution in [2.75, 3.05) is 7.11 Å². The van der Waals surface area contributed by atoms with E-state index in [1.165, 1.54) is 0 Å². The van der Waals surface area contributed by atoms with Gasteiger partial charge in [0, 0.05) is 6.07 Å². The molecule has 0 radical (unpaired) electrons. The van der Waals surface area contributed by atoms with Crippen molar-refractivity contribution in [3.8, 4) is 11.6 Å². The first-order valence-corrected chi connectivity index (χ1v) is 4.41. The Labute approximate surface area is 98.0 Å². The number of carboxylic acids is 1. The fourth-order valence-electron chi connectivity index (χ4n) is 1.14. The number of ether oxygens (including phenoxy) is 2.